The molecule has 0 unspecified atom stereocenters. The number of aromatic nitrogens is 2. The van der Waals surface area contributed by atoms with Gasteiger partial charge in [-0.2, -0.15) is 5.26 Å². The Kier molecular flexibility index (Phi) is 2.86. The second-order valence-corrected chi connectivity index (χ2v) is 4.47. The van der Waals surface area contributed by atoms with Crippen molar-refractivity contribution in [1.29, 1.82) is 5.26 Å². The Hall–Kier alpha value is -1.71. The SMILES string of the molecule is N#Cc1nccnc1N1CCCC2(C1)OCCO2. The summed E-state index contributed by atoms with van der Waals surface area (Å²) >= 11 is 0. The van der Waals surface area contributed by atoms with Crippen LogP contribution in [-0.2, 0) is 9.47 Å². The molecule has 2 fully saturated rings. The van der Waals surface area contributed by atoms with Crippen molar-refractivity contribution in [1.82, 2.24) is 9.97 Å². The molecule has 6 heteroatoms. The van der Waals surface area contributed by atoms with E-state index in [-0.39, 0.29) is 0 Å². The number of rotatable bonds is 1. The van der Waals surface area contributed by atoms with Crippen LogP contribution >= 0.6 is 0 Å². The first kappa shape index (κ1) is 11.4. The number of ether oxygens (including phenoxy) is 2. The first-order valence-corrected chi connectivity index (χ1v) is 6.07. The molecule has 6 nitrogen and oxygen atoms in total. The third-order valence-electron chi connectivity index (χ3n) is 3.32. The monoisotopic (exact) mass is 246 g/mol. The lowest BCUT2D eigenvalue weighted by Crippen LogP contribution is -2.49. The van der Waals surface area contributed by atoms with Crippen LogP contribution in [0.2, 0.25) is 0 Å². The lowest BCUT2D eigenvalue weighted by molar-refractivity contribution is -0.161. The van der Waals surface area contributed by atoms with Crippen LogP contribution in [-0.4, -0.2) is 42.1 Å². The third kappa shape index (κ3) is 1.92. The fraction of sp³-hybridized carbons (Fsp3) is 0.583. The normalized spacial score (nSPS) is 22.1. The van der Waals surface area contributed by atoms with E-state index in [2.05, 4.69) is 16.0 Å². The zero-order chi connectivity index (χ0) is 12.4. The third-order valence-corrected chi connectivity index (χ3v) is 3.32. The lowest BCUT2D eigenvalue weighted by Gasteiger charge is -2.39. The van der Waals surface area contributed by atoms with Gasteiger partial charge in [-0.25, -0.2) is 9.97 Å². The van der Waals surface area contributed by atoms with Gasteiger partial charge in [-0.1, -0.05) is 0 Å². The average molecular weight is 246 g/mol. The van der Waals surface area contributed by atoms with Gasteiger partial charge in [0.15, 0.2) is 17.3 Å². The van der Waals surface area contributed by atoms with E-state index in [9.17, 15) is 0 Å². The first-order valence-electron chi connectivity index (χ1n) is 6.07. The summed E-state index contributed by atoms with van der Waals surface area (Å²) < 4.78 is 11.4. The molecule has 1 aromatic heterocycles. The van der Waals surface area contributed by atoms with Crippen molar-refractivity contribution in [2.75, 3.05) is 31.2 Å². The molecule has 3 heterocycles. The Morgan fingerprint density at radius 2 is 2.06 bits per heavy atom. The molecule has 18 heavy (non-hydrogen) atoms. The summed E-state index contributed by atoms with van der Waals surface area (Å²) in [7, 11) is 0. The maximum atomic E-state index is 9.06. The Bertz CT molecular complexity index is 479. The largest absolute Gasteiger partial charge is 0.349 e. The molecule has 0 bridgehead atoms. The van der Waals surface area contributed by atoms with Gasteiger partial charge in [0.25, 0.3) is 0 Å². The van der Waals surface area contributed by atoms with Crippen LogP contribution < -0.4 is 4.90 Å². The predicted molar refractivity (Wildman–Crippen MR) is 62.8 cm³/mol. The van der Waals surface area contributed by atoms with Crippen LogP contribution in [0.1, 0.15) is 18.5 Å². The minimum atomic E-state index is -0.511. The molecule has 0 saturated carbocycles. The van der Waals surface area contributed by atoms with E-state index in [1.54, 1.807) is 6.20 Å². The summed E-state index contributed by atoms with van der Waals surface area (Å²) in [4.78, 5) is 10.3. The molecule has 0 radical (unpaired) electrons. The summed E-state index contributed by atoms with van der Waals surface area (Å²) in [6, 6.07) is 2.07. The molecule has 2 saturated heterocycles. The highest BCUT2D eigenvalue weighted by atomic mass is 16.7. The minimum absolute atomic E-state index is 0.354. The maximum absolute atomic E-state index is 9.06. The molecule has 2 aliphatic heterocycles. The van der Waals surface area contributed by atoms with E-state index >= 15 is 0 Å². The Labute approximate surface area is 105 Å². The number of nitrogens with zero attached hydrogens (tertiary/aromatic N) is 4. The summed E-state index contributed by atoms with van der Waals surface area (Å²) in [5.74, 6) is 0.112. The quantitative estimate of drug-likeness (QED) is 0.726. The van der Waals surface area contributed by atoms with Gasteiger partial charge in [0.1, 0.15) is 6.07 Å². The van der Waals surface area contributed by atoms with Crippen LogP contribution in [0, 0.1) is 11.3 Å². The number of nitriles is 1. The highest BCUT2D eigenvalue weighted by molar-refractivity contribution is 5.50. The van der Waals surface area contributed by atoms with Crippen LogP contribution in [0.3, 0.4) is 0 Å². The molecule has 3 rings (SSSR count). The van der Waals surface area contributed by atoms with E-state index in [1.807, 2.05) is 4.90 Å². The molecule has 1 aromatic rings. The number of piperidine rings is 1. The number of anilines is 1. The molecule has 0 atom stereocenters. The van der Waals surface area contributed by atoms with Crippen LogP contribution in [0.25, 0.3) is 0 Å². The molecular weight excluding hydrogens is 232 g/mol. The van der Waals surface area contributed by atoms with E-state index in [4.69, 9.17) is 14.7 Å². The molecule has 0 aromatic carbocycles. The molecular formula is C12H14N4O2. The molecule has 0 N–H and O–H groups in total. The van der Waals surface area contributed by atoms with Gasteiger partial charge in [-0.05, 0) is 6.42 Å². The van der Waals surface area contributed by atoms with Gasteiger partial charge >= 0.3 is 0 Å². The van der Waals surface area contributed by atoms with Gasteiger partial charge in [0, 0.05) is 25.4 Å². The minimum Gasteiger partial charge on any atom is -0.349 e. The molecule has 0 amide bonds. The fourth-order valence-corrected chi connectivity index (χ4v) is 2.54. The van der Waals surface area contributed by atoms with Crippen LogP contribution in [0.4, 0.5) is 5.82 Å². The van der Waals surface area contributed by atoms with Gasteiger partial charge < -0.3 is 14.4 Å². The van der Waals surface area contributed by atoms with Crippen molar-refractivity contribution < 1.29 is 9.47 Å². The van der Waals surface area contributed by atoms with E-state index < -0.39 is 5.79 Å². The topological polar surface area (TPSA) is 71.3 Å². The smallest absolute Gasteiger partial charge is 0.186 e. The highest BCUT2D eigenvalue weighted by Gasteiger charge is 2.41. The Balaban J connectivity index is 1.86. The second-order valence-electron chi connectivity index (χ2n) is 4.47. The van der Waals surface area contributed by atoms with Crippen molar-refractivity contribution in [2.45, 2.75) is 18.6 Å². The zero-order valence-corrected chi connectivity index (χ0v) is 10.0. The standard InChI is InChI=1S/C12H14N4O2/c13-8-10-11(15-4-3-14-10)16-5-1-2-12(9-16)17-6-7-18-12/h3-4H,1-2,5-7,9H2. The zero-order valence-electron chi connectivity index (χ0n) is 10.0. The van der Waals surface area contributed by atoms with Crippen molar-refractivity contribution in [3.8, 4) is 6.07 Å². The van der Waals surface area contributed by atoms with Gasteiger partial charge in [0.2, 0.25) is 0 Å². The van der Waals surface area contributed by atoms with E-state index in [1.165, 1.54) is 6.20 Å². The molecule has 1 spiro atoms. The summed E-state index contributed by atoms with van der Waals surface area (Å²) in [5, 5.41) is 9.06. The lowest BCUT2D eigenvalue weighted by atomic mass is 10.0. The van der Waals surface area contributed by atoms with Crippen molar-refractivity contribution >= 4 is 5.82 Å². The van der Waals surface area contributed by atoms with Crippen LogP contribution in [0.5, 0.6) is 0 Å². The summed E-state index contributed by atoms with van der Waals surface area (Å²) in [6.45, 7) is 2.74. The predicted octanol–water partition coefficient (Wildman–Crippen LogP) is 0.692. The Morgan fingerprint density at radius 3 is 2.83 bits per heavy atom. The van der Waals surface area contributed by atoms with Gasteiger partial charge in [-0.15, -0.1) is 0 Å². The summed E-state index contributed by atoms with van der Waals surface area (Å²) in [6.07, 6.45) is 4.99. The van der Waals surface area contributed by atoms with Crippen LogP contribution in [0.15, 0.2) is 12.4 Å². The average Bonchev–Trinajstić information content (AvgIpc) is 2.86. The first-order chi connectivity index (χ1) is 8.83. The van der Waals surface area contributed by atoms with Gasteiger partial charge in [-0.3, -0.25) is 0 Å². The maximum Gasteiger partial charge on any atom is 0.186 e. The number of hydrogen-bond donors (Lipinski definition) is 0. The fourth-order valence-electron chi connectivity index (χ4n) is 2.54. The van der Waals surface area contributed by atoms with Gasteiger partial charge in [0.05, 0.1) is 19.8 Å². The van der Waals surface area contributed by atoms with E-state index in [0.29, 0.717) is 31.3 Å². The molecule has 94 valence electrons. The second kappa shape index (κ2) is 4.52. The molecule has 0 aliphatic carbocycles. The van der Waals surface area contributed by atoms with Crippen molar-refractivity contribution in [3.63, 3.8) is 0 Å². The summed E-state index contributed by atoms with van der Waals surface area (Å²) in [5.41, 5.74) is 0.354. The van der Waals surface area contributed by atoms with Crippen molar-refractivity contribution in [2.24, 2.45) is 0 Å². The molecule has 2 aliphatic rings. The number of hydrogen-bond acceptors (Lipinski definition) is 6. The Morgan fingerprint density at radius 1 is 1.28 bits per heavy atom. The van der Waals surface area contributed by atoms with E-state index in [0.717, 1.165) is 19.4 Å². The highest BCUT2D eigenvalue weighted by Crippen LogP contribution is 2.32. The van der Waals surface area contributed by atoms with Crippen molar-refractivity contribution in [3.05, 3.63) is 18.1 Å².